The van der Waals surface area contributed by atoms with Gasteiger partial charge in [-0.2, -0.15) is 0 Å². The minimum absolute atomic E-state index is 0.0584. The maximum Gasteiger partial charge on any atom is 0.573 e. The molecule has 17 heavy (non-hydrogen) atoms. The van der Waals surface area contributed by atoms with Gasteiger partial charge in [0.1, 0.15) is 5.75 Å². The van der Waals surface area contributed by atoms with Crippen molar-refractivity contribution in [2.24, 2.45) is 0 Å². The van der Waals surface area contributed by atoms with Crippen molar-refractivity contribution >= 4 is 33.3 Å². The fourth-order valence-corrected chi connectivity index (χ4v) is 1.53. The summed E-state index contributed by atoms with van der Waals surface area (Å²) < 4.78 is 40.1. The Morgan fingerprint density at radius 1 is 1.47 bits per heavy atom. The molecule has 0 radical (unpaired) electrons. The van der Waals surface area contributed by atoms with Crippen LogP contribution >= 0.6 is 27.5 Å². The molecule has 1 aromatic carbocycles. The van der Waals surface area contributed by atoms with Gasteiger partial charge in [0.25, 0.3) is 0 Å². The lowest BCUT2D eigenvalue weighted by Gasteiger charge is -2.13. The predicted molar refractivity (Wildman–Crippen MR) is 60.9 cm³/mol. The maximum absolute atomic E-state index is 12.1. The van der Waals surface area contributed by atoms with Crippen molar-refractivity contribution in [2.75, 3.05) is 0 Å². The lowest BCUT2D eigenvalue weighted by Crippen LogP contribution is -2.20. The molecule has 0 aliphatic carbocycles. The van der Waals surface area contributed by atoms with Gasteiger partial charge in [-0.1, -0.05) is 27.5 Å². The van der Waals surface area contributed by atoms with Gasteiger partial charge in [0.05, 0.1) is 10.4 Å². The van der Waals surface area contributed by atoms with Crippen LogP contribution in [0.4, 0.5) is 13.2 Å². The molecule has 0 fully saturated rings. The number of carbonyl (C=O) groups is 1. The monoisotopic (exact) mass is 330 g/mol. The van der Waals surface area contributed by atoms with E-state index in [9.17, 15) is 18.0 Å². The number of benzene rings is 1. The van der Waals surface area contributed by atoms with Crippen LogP contribution in [0.1, 0.15) is 17.3 Å². The third kappa shape index (κ3) is 4.20. The number of carbonyl (C=O) groups excluding carboxylic acids is 1. The van der Waals surface area contributed by atoms with Crippen LogP contribution in [0.25, 0.3) is 0 Å². The lowest BCUT2D eigenvalue weighted by atomic mass is 10.1. The van der Waals surface area contributed by atoms with Crippen LogP contribution in [0.2, 0.25) is 5.02 Å². The van der Waals surface area contributed by atoms with Gasteiger partial charge in [0, 0.05) is 5.02 Å². The van der Waals surface area contributed by atoms with E-state index in [1.54, 1.807) is 0 Å². The van der Waals surface area contributed by atoms with E-state index in [0.717, 1.165) is 6.07 Å². The van der Waals surface area contributed by atoms with Crippen LogP contribution in [-0.2, 0) is 0 Å². The molecule has 7 heteroatoms. The van der Waals surface area contributed by atoms with E-state index in [1.807, 2.05) is 0 Å². The summed E-state index contributed by atoms with van der Waals surface area (Å²) in [5, 5.41) is 0.0584. The van der Waals surface area contributed by atoms with Crippen LogP contribution in [0.3, 0.4) is 0 Å². The van der Waals surface area contributed by atoms with E-state index in [1.165, 1.54) is 19.1 Å². The molecule has 1 atom stereocenters. The fourth-order valence-electron chi connectivity index (χ4n) is 1.12. The predicted octanol–water partition coefficient (Wildman–Crippen LogP) is 4.20. The molecule has 0 saturated carbocycles. The Balaban J connectivity index is 3.17. The zero-order valence-electron chi connectivity index (χ0n) is 8.52. The van der Waals surface area contributed by atoms with Gasteiger partial charge in [-0.25, -0.2) is 0 Å². The summed E-state index contributed by atoms with van der Waals surface area (Å²) in [5.74, 6) is -1.11. The minimum Gasteiger partial charge on any atom is -0.405 e. The summed E-state index contributed by atoms with van der Waals surface area (Å²) in [7, 11) is 0. The molecule has 1 rings (SSSR count). The first-order valence-corrected chi connectivity index (χ1v) is 5.73. The quantitative estimate of drug-likeness (QED) is 0.613. The van der Waals surface area contributed by atoms with Crippen molar-refractivity contribution in [3.8, 4) is 5.75 Å². The average molecular weight is 332 g/mol. The van der Waals surface area contributed by atoms with E-state index in [-0.39, 0.29) is 10.6 Å². The van der Waals surface area contributed by atoms with Gasteiger partial charge in [-0.05, 0) is 25.1 Å². The number of Topliss-reactive ketones (excluding diaryl/α,β-unsaturated/α-hetero) is 1. The number of hydrogen-bond acceptors (Lipinski definition) is 2. The summed E-state index contributed by atoms with van der Waals surface area (Å²) in [6, 6.07) is 3.48. The highest BCUT2D eigenvalue weighted by molar-refractivity contribution is 9.10. The zero-order chi connectivity index (χ0) is 13.2. The van der Waals surface area contributed by atoms with Crippen molar-refractivity contribution < 1.29 is 22.7 Å². The third-order valence-electron chi connectivity index (χ3n) is 1.80. The van der Waals surface area contributed by atoms with Gasteiger partial charge in [-0.15, -0.1) is 13.2 Å². The largest absolute Gasteiger partial charge is 0.573 e. The molecule has 2 nitrogen and oxygen atoms in total. The minimum atomic E-state index is -4.87. The van der Waals surface area contributed by atoms with Crippen molar-refractivity contribution in [1.82, 2.24) is 0 Å². The molecular formula is C10H7BrClF3O2. The Kier molecular flexibility index (Phi) is 4.43. The van der Waals surface area contributed by atoms with Crippen molar-refractivity contribution in [2.45, 2.75) is 18.1 Å². The summed E-state index contributed by atoms with van der Waals surface area (Å²) >= 11 is 8.55. The molecule has 0 amide bonds. The van der Waals surface area contributed by atoms with E-state index >= 15 is 0 Å². The zero-order valence-corrected chi connectivity index (χ0v) is 10.9. The highest BCUT2D eigenvalue weighted by Crippen LogP contribution is 2.30. The standard InChI is InChI=1S/C10H7BrClF3O2/c1-5(11)9(16)7-3-2-6(12)4-8(7)17-10(13,14)15/h2-5H,1H3. The fraction of sp³-hybridized carbons (Fsp3) is 0.300. The molecule has 1 unspecified atom stereocenters. The van der Waals surface area contributed by atoms with Crippen LogP contribution in [0.5, 0.6) is 5.75 Å². The first-order chi connectivity index (χ1) is 7.70. The smallest absolute Gasteiger partial charge is 0.405 e. The summed E-state index contributed by atoms with van der Waals surface area (Å²) in [6.07, 6.45) is -4.87. The molecular weight excluding hydrogens is 324 g/mol. The normalized spacial score (nSPS) is 13.3. The van der Waals surface area contributed by atoms with E-state index in [2.05, 4.69) is 20.7 Å². The van der Waals surface area contributed by atoms with Gasteiger partial charge >= 0.3 is 6.36 Å². The Bertz CT molecular complexity index is 432. The van der Waals surface area contributed by atoms with Gasteiger partial charge in [0.15, 0.2) is 5.78 Å². The van der Waals surface area contributed by atoms with E-state index < -0.39 is 22.7 Å². The highest BCUT2D eigenvalue weighted by atomic mass is 79.9. The van der Waals surface area contributed by atoms with Crippen molar-refractivity contribution in [3.63, 3.8) is 0 Å². The Morgan fingerprint density at radius 3 is 2.53 bits per heavy atom. The molecule has 0 heterocycles. The van der Waals surface area contributed by atoms with Gasteiger partial charge < -0.3 is 4.74 Å². The summed E-state index contributed by atoms with van der Waals surface area (Å²) in [4.78, 5) is 11.0. The highest BCUT2D eigenvalue weighted by Gasteiger charge is 2.33. The molecule has 0 spiro atoms. The van der Waals surface area contributed by atoms with Crippen LogP contribution in [-0.4, -0.2) is 17.0 Å². The molecule has 0 N–H and O–H groups in total. The Morgan fingerprint density at radius 2 is 2.06 bits per heavy atom. The first kappa shape index (κ1) is 14.3. The second kappa shape index (κ2) is 5.27. The average Bonchev–Trinajstić information content (AvgIpc) is 2.14. The number of hydrogen-bond donors (Lipinski definition) is 0. The second-order valence-electron chi connectivity index (χ2n) is 3.17. The van der Waals surface area contributed by atoms with Crippen molar-refractivity contribution in [1.29, 1.82) is 0 Å². The van der Waals surface area contributed by atoms with Crippen LogP contribution < -0.4 is 4.74 Å². The maximum atomic E-state index is 12.1. The molecule has 94 valence electrons. The second-order valence-corrected chi connectivity index (χ2v) is 4.98. The van der Waals surface area contributed by atoms with Crippen molar-refractivity contribution in [3.05, 3.63) is 28.8 Å². The van der Waals surface area contributed by atoms with Gasteiger partial charge in [-0.3, -0.25) is 4.79 Å². The summed E-state index contributed by atoms with van der Waals surface area (Å²) in [5.41, 5.74) is -0.170. The van der Waals surface area contributed by atoms with Crippen LogP contribution in [0.15, 0.2) is 18.2 Å². The molecule has 0 aliphatic heterocycles. The van der Waals surface area contributed by atoms with E-state index in [0.29, 0.717) is 0 Å². The Labute approximate surface area is 109 Å². The molecule has 0 aliphatic rings. The first-order valence-electron chi connectivity index (χ1n) is 4.44. The molecule has 0 saturated heterocycles. The SMILES string of the molecule is CC(Br)C(=O)c1ccc(Cl)cc1OC(F)(F)F. The molecule has 0 aromatic heterocycles. The third-order valence-corrected chi connectivity index (χ3v) is 2.45. The Hall–Kier alpha value is -0.750. The topological polar surface area (TPSA) is 26.3 Å². The lowest BCUT2D eigenvalue weighted by molar-refractivity contribution is -0.274. The summed E-state index contributed by atoms with van der Waals surface area (Å²) in [6.45, 7) is 1.51. The van der Waals surface area contributed by atoms with Crippen LogP contribution in [0, 0.1) is 0 Å². The van der Waals surface area contributed by atoms with E-state index in [4.69, 9.17) is 11.6 Å². The number of alkyl halides is 4. The number of ketones is 1. The number of rotatable bonds is 3. The van der Waals surface area contributed by atoms with Gasteiger partial charge in [0.2, 0.25) is 0 Å². The number of halogens is 5. The number of ether oxygens (including phenoxy) is 1. The molecule has 1 aromatic rings. The molecule has 0 bridgehead atoms.